The number of para-hydroxylation sites is 1. The van der Waals surface area contributed by atoms with E-state index >= 15 is 0 Å². The molecule has 2 aliphatic rings. The van der Waals surface area contributed by atoms with Crippen LogP contribution < -0.4 is 15.4 Å². The first kappa shape index (κ1) is 15.5. The molecule has 2 aliphatic heterocycles. The van der Waals surface area contributed by atoms with Crippen molar-refractivity contribution >= 4 is 23.3 Å². The molecule has 0 aliphatic carbocycles. The third-order valence-electron chi connectivity index (χ3n) is 5.02. The van der Waals surface area contributed by atoms with Gasteiger partial charge in [0.25, 0.3) is 0 Å². The van der Waals surface area contributed by atoms with E-state index in [-0.39, 0.29) is 11.9 Å². The van der Waals surface area contributed by atoms with Gasteiger partial charge in [0.15, 0.2) is 0 Å². The van der Waals surface area contributed by atoms with Crippen LogP contribution in [-0.4, -0.2) is 37.0 Å². The zero-order chi connectivity index (χ0) is 17.4. The van der Waals surface area contributed by atoms with Gasteiger partial charge in [-0.2, -0.15) is 0 Å². The molecule has 1 saturated heterocycles. The monoisotopic (exact) mass is 337 g/mol. The van der Waals surface area contributed by atoms with E-state index < -0.39 is 5.41 Å². The summed E-state index contributed by atoms with van der Waals surface area (Å²) in [6.45, 7) is 0.932. The summed E-state index contributed by atoms with van der Waals surface area (Å²) in [6, 6.07) is 14.7. The van der Waals surface area contributed by atoms with E-state index in [4.69, 9.17) is 4.74 Å². The number of methoxy groups -OCH3 is 1. The highest BCUT2D eigenvalue weighted by molar-refractivity contribution is 6.07. The molecule has 0 bridgehead atoms. The predicted octanol–water partition coefficient (Wildman–Crippen LogP) is 2.82. The molecule has 2 aromatic rings. The summed E-state index contributed by atoms with van der Waals surface area (Å²) in [4.78, 5) is 26.8. The van der Waals surface area contributed by atoms with Gasteiger partial charge in [-0.3, -0.25) is 4.79 Å². The second-order valence-electron chi connectivity index (χ2n) is 6.41. The fourth-order valence-electron chi connectivity index (χ4n) is 3.64. The molecule has 2 aromatic carbocycles. The van der Waals surface area contributed by atoms with Gasteiger partial charge >= 0.3 is 6.03 Å². The van der Waals surface area contributed by atoms with Crippen LogP contribution >= 0.6 is 0 Å². The first-order chi connectivity index (χ1) is 12.1. The standard InChI is InChI=1S/C19H19N3O3/c1-25-14-8-6-13(7-9-14)20-18(24)22-11-10-19(12-22)15-4-2-3-5-16(15)21-17(19)23/h2-9H,10-12H2,1H3,(H,20,24)(H,21,23)/t19-/m0/s1. The summed E-state index contributed by atoms with van der Waals surface area (Å²) in [7, 11) is 1.60. The Morgan fingerprint density at radius 2 is 1.96 bits per heavy atom. The number of rotatable bonds is 2. The quantitative estimate of drug-likeness (QED) is 0.885. The molecule has 3 amide bonds. The minimum atomic E-state index is -0.631. The van der Waals surface area contributed by atoms with Gasteiger partial charge in [0.05, 0.1) is 12.5 Å². The zero-order valence-electron chi connectivity index (χ0n) is 13.9. The molecule has 2 N–H and O–H groups in total. The summed E-state index contributed by atoms with van der Waals surface area (Å²) in [6.07, 6.45) is 0.631. The van der Waals surface area contributed by atoms with Crippen molar-refractivity contribution < 1.29 is 14.3 Å². The van der Waals surface area contributed by atoms with Crippen molar-refractivity contribution in [3.63, 3.8) is 0 Å². The molecular formula is C19H19N3O3. The Kier molecular flexibility index (Phi) is 3.60. The van der Waals surface area contributed by atoms with E-state index in [9.17, 15) is 9.59 Å². The number of carbonyl (C=O) groups is 2. The van der Waals surface area contributed by atoms with Crippen molar-refractivity contribution in [2.75, 3.05) is 30.8 Å². The van der Waals surface area contributed by atoms with E-state index in [0.29, 0.717) is 25.2 Å². The molecule has 1 spiro atoms. The lowest BCUT2D eigenvalue weighted by atomic mass is 9.81. The number of likely N-dealkylation sites (tertiary alicyclic amines) is 1. The lowest BCUT2D eigenvalue weighted by Gasteiger charge is -2.22. The van der Waals surface area contributed by atoms with Gasteiger partial charge in [-0.25, -0.2) is 4.79 Å². The molecule has 1 fully saturated rings. The maximum absolute atomic E-state index is 12.6. The summed E-state index contributed by atoms with van der Waals surface area (Å²) < 4.78 is 5.11. The molecule has 0 radical (unpaired) electrons. The first-order valence-electron chi connectivity index (χ1n) is 8.23. The van der Waals surface area contributed by atoms with E-state index in [1.54, 1.807) is 36.3 Å². The molecule has 25 heavy (non-hydrogen) atoms. The number of nitrogens with one attached hydrogen (secondary N) is 2. The number of hydrogen-bond acceptors (Lipinski definition) is 3. The van der Waals surface area contributed by atoms with Gasteiger partial charge in [-0.1, -0.05) is 18.2 Å². The fourth-order valence-corrected chi connectivity index (χ4v) is 3.64. The van der Waals surface area contributed by atoms with E-state index in [0.717, 1.165) is 17.0 Å². The van der Waals surface area contributed by atoms with Gasteiger partial charge in [0.1, 0.15) is 5.75 Å². The van der Waals surface area contributed by atoms with Crippen LogP contribution in [0.2, 0.25) is 0 Å². The number of fused-ring (bicyclic) bond motifs is 2. The number of anilines is 2. The van der Waals surface area contributed by atoms with Crippen LogP contribution in [0.25, 0.3) is 0 Å². The molecule has 128 valence electrons. The van der Waals surface area contributed by atoms with Crippen molar-refractivity contribution in [2.24, 2.45) is 0 Å². The number of ether oxygens (including phenoxy) is 1. The Hall–Kier alpha value is -3.02. The molecular weight excluding hydrogens is 318 g/mol. The van der Waals surface area contributed by atoms with Crippen LogP contribution in [0, 0.1) is 0 Å². The molecule has 6 heteroatoms. The van der Waals surface area contributed by atoms with Crippen molar-refractivity contribution in [2.45, 2.75) is 11.8 Å². The van der Waals surface area contributed by atoms with Gasteiger partial charge in [-0.05, 0) is 42.3 Å². The highest BCUT2D eigenvalue weighted by Gasteiger charge is 2.51. The number of urea groups is 1. The predicted molar refractivity (Wildman–Crippen MR) is 95.0 cm³/mol. The molecule has 0 aromatic heterocycles. The maximum Gasteiger partial charge on any atom is 0.321 e. The Balaban J connectivity index is 1.50. The molecule has 0 unspecified atom stereocenters. The van der Waals surface area contributed by atoms with Crippen LogP contribution in [0.3, 0.4) is 0 Å². The second kappa shape index (κ2) is 5.81. The summed E-state index contributed by atoms with van der Waals surface area (Å²) in [5, 5.41) is 5.82. The van der Waals surface area contributed by atoms with Gasteiger partial charge in [0.2, 0.25) is 5.91 Å². The Bertz CT molecular complexity index is 834. The number of hydrogen-bond donors (Lipinski definition) is 2. The summed E-state index contributed by atoms with van der Waals surface area (Å²) in [5.74, 6) is 0.714. The van der Waals surface area contributed by atoms with Gasteiger partial charge in [0, 0.05) is 24.5 Å². The fraction of sp³-hybridized carbons (Fsp3) is 0.263. The molecule has 4 rings (SSSR count). The minimum Gasteiger partial charge on any atom is -0.497 e. The second-order valence-corrected chi connectivity index (χ2v) is 6.41. The zero-order valence-corrected chi connectivity index (χ0v) is 13.9. The van der Waals surface area contributed by atoms with Crippen molar-refractivity contribution in [1.29, 1.82) is 0 Å². The van der Waals surface area contributed by atoms with E-state index in [2.05, 4.69) is 10.6 Å². The van der Waals surface area contributed by atoms with Gasteiger partial charge in [-0.15, -0.1) is 0 Å². The SMILES string of the molecule is COc1ccc(NC(=O)N2CC[C@@]3(C2)C(=O)Nc2ccccc23)cc1. The van der Waals surface area contributed by atoms with Gasteiger partial charge < -0.3 is 20.3 Å². The number of nitrogens with zero attached hydrogens (tertiary/aromatic N) is 1. The molecule has 6 nitrogen and oxygen atoms in total. The third-order valence-corrected chi connectivity index (χ3v) is 5.02. The average molecular weight is 337 g/mol. The van der Waals surface area contributed by atoms with Crippen LogP contribution in [0.5, 0.6) is 5.75 Å². The molecule has 2 heterocycles. The number of amides is 3. The van der Waals surface area contributed by atoms with Crippen LogP contribution in [0.1, 0.15) is 12.0 Å². The lowest BCUT2D eigenvalue weighted by molar-refractivity contribution is -0.120. The highest BCUT2D eigenvalue weighted by Crippen LogP contribution is 2.44. The van der Waals surface area contributed by atoms with Crippen molar-refractivity contribution in [1.82, 2.24) is 4.90 Å². The maximum atomic E-state index is 12.6. The molecule has 1 atom stereocenters. The Labute approximate surface area is 145 Å². The normalized spacial score (nSPS) is 21.2. The smallest absolute Gasteiger partial charge is 0.321 e. The number of carbonyl (C=O) groups excluding carboxylic acids is 2. The topological polar surface area (TPSA) is 70.7 Å². The van der Waals surface area contributed by atoms with E-state index in [1.807, 2.05) is 24.3 Å². The highest BCUT2D eigenvalue weighted by atomic mass is 16.5. The summed E-state index contributed by atoms with van der Waals surface area (Å²) >= 11 is 0. The summed E-state index contributed by atoms with van der Waals surface area (Å²) in [5.41, 5.74) is 1.90. The van der Waals surface area contributed by atoms with Crippen LogP contribution in [-0.2, 0) is 10.2 Å². The van der Waals surface area contributed by atoms with Crippen LogP contribution in [0.15, 0.2) is 48.5 Å². The largest absolute Gasteiger partial charge is 0.497 e. The van der Waals surface area contributed by atoms with Crippen LogP contribution in [0.4, 0.5) is 16.2 Å². The number of benzene rings is 2. The lowest BCUT2D eigenvalue weighted by Crippen LogP contribution is -2.40. The average Bonchev–Trinajstić information content (AvgIpc) is 3.20. The van der Waals surface area contributed by atoms with Crippen molar-refractivity contribution in [3.8, 4) is 5.75 Å². The Morgan fingerprint density at radius 1 is 1.20 bits per heavy atom. The van der Waals surface area contributed by atoms with E-state index in [1.165, 1.54) is 0 Å². The van der Waals surface area contributed by atoms with Crippen molar-refractivity contribution in [3.05, 3.63) is 54.1 Å². The minimum absolute atomic E-state index is 0.0200. The first-order valence-corrected chi connectivity index (χ1v) is 8.23. The molecule has 0 saturated carbocycles. The third kappa shape index (κ3) is 2.50. The Morgan fingerprint density at radius 3 is 2.72 bits per heavy atom.